The first-order valence-corrected chi connectivity index (χ1v) is 15.3. The van der Waals surface area contributed by atoms with Crippen molar-refractivity contribution in [2.24, 2.45) is 0 Å². The van der Waals surface area contributed by atoms with Crippen molar-refractivity contribution in [2.75, 3.05) is 38.7 Å². The molecule has 0 radical (unpaired) electrons. The van der Waals surface area contributed by atoms with Crippen molar-refractivity contribution in [3.05, 3.63) is 74.7 Å². The van der Waals surface area contributed by atoms with Crippen molar-refractivity contribution in [3.8, 4) is 6.01 Å². The lowest BCUT2D eigenvalue weighted by Crippen LogP contribution is -2.36. The maximum Gasteiger partial charge on any atom is 0.318 e. The van der Waals surface area contributed by atoms with Crippen LogP contribution in [0, 0.1) is 6.92 Å². The number of methoxy groups -OCH3 is 1. The van der Waals surface area contributed by atoms with Crippen LogP contribution in [0.1, 0.15) is 80.2 Å². The van der Waals surface area contributed by atoms with E-state index >= 15 is 0 Å². The molecule has 4 heterocycles. The summed E-state index contributed by atoms with van der Waals surface area (Å²) in [5.41, 5.74) is 7.82. The highest BCUT2D eigenvalue weighted by molar-refractivity contribution is 6.37. The molecule has 2 aromatic heterocycles. The summed E-state index contributed by atoms with van der Waals surface area (Å²) in [5.74, 6) is 1.93. The molecule has 1 atom stereocenters. The van der Waals surface area contributed by atoms with Gasteiger partial charge >= 0.3 is 6.01 Å². The Morgan fingerprint density at radius 1 is 1.17 bits per heavy atom. The van der Waals surface area contributed by atoms with Crippen LogP contribution >= 0.6 is 11.6 Å². The Morgan fingerprint density at radius 2 is 1.98 bits per heavy atom. The van der Waals surface area contributed by atoms with Crippen LogP contribution < -0.4 is 15.0 Å². The van der Waals surface area contributed by atoms with E-state index in [9.17, 15) is 0 Å². The average molecular weight is 592 g/mol. The molecule has 224 valence electrons. The molecule has 0 amide bonds. The van der Waals surface area contributed by atoms with E-state index in [4.69, 9.17) is 30.8 Å². The lowest BCUT2D eigenvalue weighted by atomic mass is 9.89. The Hall–Kier alpha value is -3.43. The van der Waals surface area contributed by atoms with Crippen LogP contribution in [0.5, 0.6) is 6.01 Å². The molecular formula is C32H42ClN7O2. The van der Waals surface area contributed by atoms with E-state index in [1.807, 2.05) is 0 Å². The summed E-state index contributed by atoms with van der Waals surface area (Å²) in [7, 11) is 3.84. The third kappa shape index (κ3) is 6.17. The highest BCUT2D eigenvalue weighted by Crippen LogP contribution is 2.38. The zero-order valence-electron chi connectivity index (χ0n) is 25.6. The van der Waals surface area contributed by atoms with E-state index in [2.05, 4.69) is 77.3 Å². The van der Waals surface area contributed by atoms with E-state index in [1.54, 1.807) is 14.0 Å². The second-order valence-electron chi connectivity index (χ2n) is 11.2. The Balaban J connectivity index is 1.53. The molecule has 9 nitrogen and oxygen atoms in total. The first-order chi connectivity index (χ1) is 20.3. The summed E-state index contributed by atoms with van der Waals surface area (Å²) in [5, 5.41) is 8.39. The van der Waals surface area contributed by atoms with Crippen molar-refractivity contribution >= 4 is 23.0 Å². The molecule has 2 aliphatic rings. The average Bonchev–Trinajstić information content (AvgIpc) is 3.26. The van der Waals surface area contributed by atoms with Gasteiger partial charge in [0, 0.05) is 50.2 Å². The van der Waals surface area contributed by atoms with Gasteiger partial charge in [0.1, 0.15) is 5.82 Å². The number of allylic oxidation sites excluding steroid dienone is 3. The molecule has 0 bridgehead atoms. The third-order valence-electron chi connectivity index (χ3n) is 8.28. The summed E-state index contributed by atoms with van der Waals surface area (Å²) in [6.07, 6.45) is 4.74. The monoisotopic (exact) mass is 591 g/mol. The summed E-state index contributed by atoms with van der Waals surface area (Å²) in [6.45, 7) is 11.1. The number of aryl methyl sites for hydroxylation is 2. The minimum Gasteiger partial charge on any atom is -0.467 e. The van der Waals surface area contributed by atoms with Gasteiger partial charge in [-0.3, -0.25) is 4.90 Å². The summed E-state index contributed by atoms with van der Waals surface area (Å²) in [6, 6.07) is 9.45. The lowest BCUT2D eigenvalue weighted by Gasteiger charge is -2.37. The van der Waals surface area contributed by atoms with Gasteiger partial charge in [0.05, 0.1) is 30.1 Å². The lowest BCUT2D eigenvalue weighted by molar-refractivity contribution is 0.212. The SMILES string of the molecule is CCCc1ccccc1C1Cc2nc(OC)nc(N3CCCN/C(=C(Cl)\C(=C(/C)CC)c4noc(C)n4)C3)c2CN1C. The van der Waals surface area contributed by atoms with Gasteiger partial charge in [-0.15, -0.1) is 0 Å². The predicted molar refractivity (Wildman–Crippen MR) is 167 cm³/mol. The van der Waals surface area contributed by atoms with Crippen LogP contribution in [-0.4, -0.2) is 58.8 Å². The van der Waals surface area contributed by atoms with Gasteiger partial charge < -0.3 is 19.5 Å². The fourth-order valence-electron chi connectivity index (χ4n) is 5.95. The number of anilines is 1. The highest BCUT2D eigenvalue weighted by atomic mass is 35.5. The van der Waals surface area contributed by atoms with Gasteiger partial charge in [-0.05, 0) is 44.4 Å². The molecule has 0 aliphatic carbocycles. The number of nitrogens with zero attached hydrogens (tertiary/aromatic N) is 6. The second-order valence-corrected chi connectivity index (χ2v) is 11.6. The Labute approximate surface area is 254 Å². The van der Waals surface area contributed by atoms with E-state index in [1.165, 1.54) is 11.1 Å². The van der Waals surface area contributed by atoms with Crippen LogP contribution in [0.15, 0.2) is 45.1 Å². The maximum absolute atomic E-state index is 7.17. The Bertz CT molecular complexity index is 1480. The van der Waals surface area contributed by atoms with Crippen LogP contribution in [0.3, 0.4) is 0 Å². The third-order valence-corrected chi connectivity index (χ3v) is 8.69. The zero-order valence-corrected chi connectivity index (χ0v) is 26.4. The van der Waals surface area contributed by atoms with Crippen molar-refractivity contribution in [1.29, 1.82) is 0 Å². The summed E-state index contributed by atoms with van der Waals surface area (Å²) < 4.78 is 11.0. The number of aromatic nitrogens is 4. The number of ether oxygens (including phenoxy) is 1. The Kier molecular flexibility index (Phi) is 9.48. The molecule has 3 aromatic rings. The van der Waals surface area contributed by atoms with Gasteiger partial charge in [0.25, 0.3) is 0 Å². The molecular weight excluding hydrogens is 550 g/mol. The number of hydrogen-bond acceptors (Lipinski definition) is 9. The summed E-state index contributed by atoms with van der Waals surface area (Å²) >= 11 is 7.17. The number of fused-ring (bicyclic) bond motifs is 1. The fraction of sp³-hybridized carbons (Fsp3) is 0.500. The topological polar surface area (TPSA) is 92.4 Å². The molecule has 1 fully saturated rings. The largest absolute Gasteiger partial charge is 0.467 e. The molecule has 0 saturated carbocycles. The van der Waals surface area contributed by atoms with Gasteiger partial charge in [-0.25, -0.2) is 0 Å². The van der Waals surface area contributed by atoms with E-state index in [0.29, 0.717) is 29.3 Å². The van der Waals surface area contributed by atoms with Crippen molar-refractivity contribution in [2.45, 2.75) is 72.4 Å². The molecule has 1 saturated heterocycles. The number of rotatable bonds is 8. The number of likely N-dealkylation sites (N-methyl/N-ethyl adjacent to an activating group) is 1. The van der Waals surface area contributed by atoms with Gasteiger partial charge in [-0.1, -0.05) is 66.9 Å². The summed E-state index contributed by atoms with van der Waals surface area (Å²) in [4.78, 5) is 19.0. The van der Waals surface area contributed by atoms with Gasteiger partial charge in [-0.2, -0.15) is 15.0 Å². The minimum absolute atomic E-state index is 0.242. The van der Waals surface area contributed by atoms with Gasteiger partial charge in [0.2, 0.25) is 11.7 Å². The zero-order chi connectivity index (χ0) is 29.8. The molecule has 1 aromatic carbocycles. The molecule has 10 heteroatoms. The molecule has 1 unspecified atom stereocenters. The van der Waals surface area contributed by atoms with Crippen LogP contribution in [0.4, 0.5) is 5.82 Å². The molecule has 42 heavy (non-hydrogen) atoms. The van der Waals surface area contributed by atoms with Crippen LogP contribution in [0.2, 0.25) is 0 Å². The molecule has 5 rings (SSSR count). The van der Waals surface area contributed by atoms with Crippen molar-refractivity contribution < 1.29 is 9.26 Å². The Morgan fingerprint density at radius 3 is 2.69 bits per heavy atom. The predicted octanol–water partition coefficient (Wildman–Crippen LogP) is 5.99. The maximum atomic E-state index is 7.17. The quantitative estimate of drug-likeness (QED) is 0.339. The number of hydrogen-bond donors (Lipinski definition) is 1. The highest BCUT2D eigenvalue weighted by Gasteiger charge is 2.32. The first kappa shape index (κ1) is 30.0. The minimum atomic E-state index is 0.242. The van der Waals surface area contributed by atoms with E-state index in [0.717, 1.165) is 85.7 Å². The van der Waals surface area contributed by atoms with Crippen LogP contribution in [0.25, 0.3) is 5.57 Å². The van der Waals surface area contributed by atoms with E-state index in [-0.39, 0.29) is 6.04 Å². The van der Waals surface area contributed by atoms with Crippen molar-refractivity contribution in [3.63, 3.8) is 0 Å². The fourth-order valence-corrected chi connectivity index (χ4v) is 6.32. The standard InChI is InChI=1S/C32H42ClN7O2/c1-7-12-22-13-9-10-14-23(22)27-17-25-24(18-39(27)5)31(37-32(36-25)41-6)40-16-11-15-34-26(19-40)29(33)28(20(3)8-2)30-35-21(4)42-38-30/h9-10,13-14,27,34H,7-8,11-12,15-19H2,1-6H3/b28-20-,29-26+. The van der Waals surface area contributed by atoms with E-state index < -0.39 is 0 Å². The normalized spacial score (nSPS) is 19.5. The molecule has 1 N–H and O–H groups in total. The van der Waals surface area contributed by atoms with Crippen LogP contribution in [-0.2, 0) is 19.4 Å². The molecule has 2 aliphatic heterocycles. The number of benzene rings is 1. The number of halogens is 1. The molecule has 0 spiro atoms. The van der Waals surface area contributed by atoms with Gasteiger partial charge in [0.15, 0.2) is 0 Å². The second kappa shape index (κ2) is 13.3. The van der Waals surface area contributed by atoms with Crippen molar-refractivity contribution in [1.82, 2.24) is 30.3 Å². The number of nitrogens with one attached hydrogen (secondary N) is 1. The smallest absolute Gasteiger partial charge is 0.318 e. The first-order valence-electron chi connectivity index (χ1n) is 14.9.